The molecule has 1 atom stereocenters. The van der Waals surface area contributed by atoms with Crippen LogP contribution in [0.2, 0.25) is 0 Å². The number of hydrogen-bond acceptors (Lipinski definition) is 6. The van der Waals surface area contributed by atoms with Crippen molar-refractivity contribution in [1.82, 2.24) is 4.57 Å². The van der Waals surface area contributed by atoms with Crippen LogP contribution >= 0.6 is 11.3 Å². The Morgan fingerprint density at radius 1 is 1.03 bits per heavy atom. The second-order valence-electron chi connectivity index (χ2n) is 9.05. The minimum absolute atomic E-state index is 0.0899. The van der Waals surface area contributed by atoms with Crippen LogP contribution in [0.3, 0.4) is 0 Å². The lowest BCUT2D eigenvalue weighted by Crippen LogP contribution is -2.38. The van der Waals surface area contributed by atoms with E-state index < -0.39 is 0 Å². The van der Waals surface area contributed by atoms with Gasteiger partial charge in [0.2, 0.25) is 0 Å². The van der Waals surface area contributed by atoms with E-state index in [0.29, 0.717) is 15.1 Å². The van der Waals surface area contributed by atoms with Gasteiger partial charge in [0, 0.05) is 12.5 Å². The van der Waals surface area contributed by atoms with E-state index in [-0.39, 0.29) is 17.6 Å². The van der Waals surface area contributed by atoms with Crippen molar-refractivity contribution in [1.29, 1.82) is 0 Å². The van der Waals surface area contributed by atoms with Gasteiger partial charge in [0.25, 0.3) is 5.56 Å². The molecule has 2 aliphatic rings. The summed E-state index contributed by atoms with van der Waals surface area (Å²) in [4.78, 5) is 31.0. The highest BCUT2D eigenvalue weighted by Gasteiger charge is 2.32. The Morgan fingerprint density at radius 2 is 1.84 bits per heavy atom. The molecule has 0 bridgehead atoms. The predicted octanol–water partition coefficient (Wildman–Crippen LogP) is 4.25. The molecule has 0 radical (unpaired) electrons. The van der Waals surface area contributed by atoms with Crippen molar-refractivity contribution in [3.05, 3.63) is 120 Å². The van der Waals surface area contributed by atoms with Crippen LogP contribution in [0.1, 0.15) is 41.6 Å². The molecule has 0 fully saturated rings. The highest BCUT2D eigenvalue weighted by molar-refractivity contribution is 7.07. The van der Waals surface area contributed by atoms with E-state index in [2.05, 4.69) is 18.2 Å². The number of rotatable bonds is 4. The molecule has 7 heteroatoms. The Balaban J connectivity index is 1.56. The second-order valence-corrected chi connectivity index (χ2v) is 10.1. The van der Waals surface area contributed by atoms with Crippen molar-refractivity contribution in [2.75, 3.05) is 7.11 Å². The minimum Gasteiger partial charge on any atom is -0.497 e. The Morgan fingerprint density at radius 3 is 2.62 bits per heavy atom. The van der Waals surface area contributed by atoms with Gasteiger partial charge in [-0.1, -0.05) is 59.9 Å². The second kappa shape index (κ2) is 9.33. The lowest BCUT2D eigenvalue weighted by molar-refractivity contribution is -0.131. The average molecular weight is 509 g/mol. The fraction of sp³-hybridized carbons (Fsp3) is 0.167. The van der Waals surface area contributed by atoms with Crippen LogP contribution in [0.5, 0.6) is 11.5 Å². The fourth-order valence-electron chi connectivity index (χ4n) is 5.09. The number of ether oxygens (including phenoxy) is 2. The Kier molecular flexibility index (Phi) is 5.85. The van der Waals surface area contributed by atoms with Crippen LogP contribution in [0.15, 0.2) is 88.2 Å². The van der Waals surface area contributed by atoms with Crippen LogP contribution in [0.4, 0.5) is 0 Å². The van der Waals surface area contributed by atoms with E-state index >= 15 is 0 Å². The first kappa shape index (κ1) is 23.2. The molecule has 0 saturated heterocycles. The van der Waals surface area contributed by atoms with Gasteiger partial charge in [-0.25, -0.2) is 4.99 Å². The van der Waals surface area contributed by atoms with Gasteiger partial charge in [-0.2, -0.15) is 0 Å². The molecule has 4 aromatic rings. The molecule has 1 aliphatic heterocycles. The maximum Gasteiger partial charge on any atom is 0.308 e. The number of carbonyl (C=O) groups excluding carboxylic acids is 1. The molecule has 0 N–H and O–H groups in total. The van der Waals surface area contributed by atoms with Gasteiger partial charge in [0.15, 0.2) is 4.80 Å². The van der Waals surface area contributed by atoms with Crippen molar-refractivity contribution in [3.63, 3.8) is 0 Å². The Bertz CT molecular complexity index is 1750. The number of benzene rings is 3. The topological polar surface area (TPSA) is 69.9 Å². The highest BCUT2D eigenvalue weighted by atomic mass is 32.1. The number of hydrogen-bond donors (Lipinski definition) is 0. The molecule has 6 nitrogen and oxygen atoms in total. The van der Waals surface area contributed by atoms with Gasteiger partial charge in [0.1, 0.15) is 11.5 Å². The number of esters is 1. The predicted molar refractivity (Wildman–Crippen MR) is 143 cm³/mol. The summed E-state index contributed by atoms with van der Waals surface area (Å²) in [7, 11) is 1.65. The van der Waals surface area contributed by atoms with E-state index in [4.69, 9.17) is 14.5 Å². The SMILES string of the molecule is COc1ccc([C@H]2C3=C(N=c4s/c(=C\c5cccc(OC(C)=O)c5)c(=O)n42)c2ccccc2CC3)cc1. The van der Waals surface area contributed by atoms with E-state index in [1.807, 2.05) is 47.0 Å². The smallest absolute Gasteiger partial charge is 0.308 e. The van der Waals surface area contributed by atoms with Gasteiger partial charge in [0.05, 0.1) is 23.4 Å². The lowest BCUT2D eigenvalue weighted by atomic mass is 9.83. The van der Waals surface area contributed by atoms with Gasteiger partial charge < -0.3 is 9.47 Å². The molecule has 1 aromatic heterocycles. The number of fused-ring (bicyclic) bond motifs is 3. The first-order valence-corrected chi connectivity index (χ1v) is 12.9. The van der Waals surface area contributed by atoms with Gasteiger partial charge in [-0.15, -0.1) is 0 Å². The van der Waals surface area contributed by atoms with E-state index in [1.165, 1.54) is 23.8 Å². The fourth-order valence-corrected chi connectivity index (χ4v) is 6.09. The van der Waals surface area contributed by atoms with Crippen LogP contribution in [0, 0.1) is 0 Å². The summed E-state index contributed by atoms with van der Waals surface area (Å²) in [6.07, 6.45) is 3.57. The van der Waals surface area contributed by atoms with E-state index in [0.717, 1.165) is 46.6 Å². The third kappa shape index (κ3) is 4.21. The van der Waals surface area contributed by atoms with Crippen LogP contribution in [-0.2, 0) is 11.2 Å². The summed E-state index contributed by atoms with van der Waals surface area (Å²) in [6.45, 7) is 1.36. The summed E-state index contributed by atoms with van der Waals surface area (Å²) >= 11 is 1.37. The third-order valence-electron chi connectivity index (χ3n) is 6.72. The maximum atomic E-state index is 13.9. The number of allylic oxidation sites excluding steroid dienone is 1. The average Bonchev–Trinajstić information content (AvgIpc) is 3.21. The van der Waals surface area contributed by atoms with Crippen molar-refractivity contribution in [3.8, 4) is 11.5 Å². The van der Waals surface area contributed by atoms with E-state index in [9.17, 15) is 9.59 Å². The summed E-state index contributed by atoms with van der Waals surface area (Å²) in [5.74, 6) is 0.825. The molecule has 0 unspecified atom stereocenters. The zero-order valence-electron chi connectivity index (χ0n) is 20.4. The van der Waals surface area contributed by atoms with Crippen molar-refractivity contribution in [2.45, 2.75) is 25.8 Å². The number of carbonyl (C=O) groups is 1. The molecular weight excluding hydrogens is 484 g/mol. The monoisotopic (exact) mass is 508 g/mol. The molecule has 0 saturated carbocycles. The van der Waals surface area contributed by atoms with Gasteiger partial charge in [-0.3, -0.25) is 14.2 Å². The number of aromatic nitrogens is 1. The molecule has 0 spiro atoms. The molecule has 2 heterocycles. The molecule has 37 heavy (non-hydrogen) atoms. The molecule has 0 amide bonds. The summed E-state index contributed by atoms with van der Waals surface area (Å²) < 4.78 is 13.0. The molecule has 184 valence electrons. The third-order valence-corrected chi connectivity index (χ3v) is 7.70. The number of methoxy groups -OCH3 is 1. The molecule has 1 aliphatic carbocycles. The van der Waals surface area contributed by atoms with Crippen LogP contribution in [0.25, 0.3) is 11.8 Å². The molecule has 6 rings (SSSR count). The summed E-state index contributed by atoms with van der Waals surface area (Å²) in [5, 5.41) is 0. The molecule has 3 aromatic carbocycles. The van der Waals surface area contributed by atoms with Gasteiger partial charge in [-0.05, 0) is 65.4 Å². The standard InChI is InChI=1S/C30H24N2O4S/c1-18(33)36-23-8-5-6-19(16-23)17-26-29(34)32-28(21-10-13-22(35-2)14-11-21)25-15-12-20-7-3-4-9-24(20)27(25)31-30(32)37-26/h3-11,13-14,16-17,28H,12,15H2,1-2H3/b26-17-/t28-/m0/s1. The normalized spacial score (nSPS) is 16.4. The zero-order valence-corrected chi connectivity index (χ0v) is 21.2. The number of nitrogens with zero attached hydrogens (tertiary/aromatic N) is 2. The van der Waals surface area contributed by atoms with Crippen molar-refractivity contribution in [2.24, 2.45) is 4.99 Å². The van der Waals surface area contributed by atoms with Crippen LogP contribution in [-0.4, -0.2) is 17.6 Å². The van der Waals surface area contributed by atoms with Crippen LogP contribution < -0.4 is 24.4 Å². The number of thiazole rings is 1. The zero-order chi connectivity index (χ0) is 25.5. The minimum atomic E-state index is -0.387. The quantitative estimate of drug-likeness (QED) is 0.305. The van der Waals surface area contributed by atoms with E-state index in [1.54, 1.807) is 25.3 Å². The van der Waals surface area contributed by atoms with Crippen molar-refractivity contribution >= 4 is 29.1 Å². The first-order valence-electron chi connectivity index (χ1n) is 12.1. The molecular formula is C30H24N2O4S. The maximum absolute atomic E-state index is 13.9. The Hall–Kier alpha value is -4.23. The number of aryl methyl sites for hydroxylation is 1. The first-order chi connectivity index (χ1) is 18.0. The summed E-state index contributed by atoms with van der Waals surface area (Å²) in [5.41, 5.74) is 6.24. The highest BCUT2D eigenvalue weighted by Crippen LogP contribution is 2.41. The summed E-state index contributed by atoms with van der Waals surface area (Å²) in [6, 6.07) is 23.2. The lowest BCUT2D eigenvalue weighted by Gasteiger charge is -2.30. The van der Waals surface area contributed by atoms with Crippen molar-refractivity contribution < 1.29 is 14.3 Å². The largest absolute Gasteiger partial charge is 0.497 e. The Labute approximate surface area is 217 Å². The van der Waals surface area contributed by atoms with Gasteiger partial charge >= 0.3 is 5.97 Å².